The fraction of sp³-hybridized carbons (Fsp3) is 0.727. The Morgan fingerprint density at radius 1 is 1.50 bits per heavy atom. The molecular formula is C11H19ClN2O3S. The molecule has 0 fully saturated rings. The van der Waals surface area contributed by atoms with E-state index in [9.17, 15) is 8.42 Å². The van der Waals surface area contributed by atoms with Crippen LogP contribution in [0.3, 0.4) is 0 Å². The second-order valence-electron chi connectivity index (χ2n) is 4.36. The van der Waals surface area contributed by atoms with Gasteiger partial charge in [0.1, 0.15) is 10.6 Å². The zero-order valence-corrected chi connectivity index (χ0v) is 12.5. The maximum atomic E-state index is 11.4. The minimum atomic E-state index is -3.78. The van der Waals surface area contributed by atoms with Gasteiger partial charge in [-0.1, -0.05) is 13.3 Å². The van der Waals surface area contributed by atoms with Crippen LogP contribution in [0.5, 0.6) is 0 Å². The highest BCUT2D eigenvalue weighted by atomic mass is 35.7. The summed E-state index contributed by atoms with van der Waals surface area (Å²) in [6.07, 6.45) is 3.42. The van der Waals surface area contributed by atoms with Crippen LogP contribution >= 0.6 is 10.7 Å². The monoisotopic (exact) mass is 294 g/mol. The number of aromatic nitrogens is 2. The van der Waals surface area contributed by atoms with Crippen LogP contribution in [0.2, 0.25) is 0 Å². The fourth-order valence-corrected chi connectivity index (χ4v) is 2.40. The maximum absolute atomic E-state index is 11.4. The van der Waals surface area contributed by atoms with E-state index in [2.05, 4.69) is 12.0 Å². The van der Waals surface area contributed by atoms with Gasteiger partial charge in [-0.3, -0.25) is 4.68 Å². The van der Waals surface area contributed by atoms with E-state index in [1.807, 2.05) is 13.8 Å². The minimum absolute atomic E-state index is 0.0364. The van der Waals surface area contributed by atoms with Gasteiger partial charge in [-0.15, -0.1) is 0 Å². The van der Waals surface area contributed by atoms with Gasteiger partial charge in [-0.25, -0.2) is 8.42 Å². The van der Waals surface area contributed by atoms with Crippen molar-refractivity contribution < 1.29 is 13.2 Å². The summed E-state index contributed by atoms with van der Waals surface area (Å²) in [6, 6.07) is 0.0755. The van der Waals surface area contributed by atoms with Crippen LogP contribution in [0.25, 0.3) is 0 Å². The molecule has 1 rings (SSSR count). The average molecular weight is 295 g/mol. The summed E-state index contributed by atoms with van der Waals surface area (Å²) in [5.74, 6) is 0. The van der Waals surface area contributed by atoms with Gasteiger partial charge in [0.2, 0.25) is 0 Å². The van der Waals surface area contributed by atoms with Gasteiger partial charge in [-0.2, -0.15) is 5.10 Å². The number of unbranched alkanes of at least 4 members (excludes halogenated alkanes) is 1. The molecule has 0 aromatic carbocycles. The molecular weight excluding hydrogens is 276 g/mol. The summed E-state index contributed by atoms with van der Waals surface area (Å²) in [4.78, 5) is 0.0364. The van der Waals surface area contributed by atoms with Crippen LogP contribution in [-0.2, 0) is 20.4 Å². The predicted molar refractivity (Wildman–Crippen MR) is 70.2 cm³/mol. The van der Waals surface area contributed by atoms with Gasteiger partial charge in [-0.05, 0) is 20.3 Å². The van der Waals surface area contributed by atoms with Crippen LogP contribution in [0, 0.1) is 0 Å². The standard InChI is InChI=1S/C11H19ClN2O3S/c1-4-5-6-17-8-10-11(18(12,15)16)7-14(13-10)9(2)3/h7,9H,4-6,8H2,1-3H3. The summed E-state index contributed by atoms with van der Waals surface area (Å²) in [5.41, 5.74) is 0.370. The third-order valence-electron chi connectivity index (χ3n) is 2.44. The molecule has 0 aliphatic heterocycles. The molecule has 0 spiro atoms. The Bertz CT molecular complexity index is 482. The summed E-state index contributed by atoms with van der Waals surface area (Å²) in [5, 5.41) is 4.20. The van der Waals surface area contributed by atoms with Gasteiger partial charge < -0.3 is 4.74 Å². The number of nitrogens with zero attached hydrogens (tertiary/aromatic N) is 2. The van der Waals surface area contributed by atoms with E-state index in [0.717, 1.165) is 12.8 Å². The zero-order chi connectivity index (χ0) is 13.8. The fourth-order valence-electron chi connectivity index (χ4n) is 1.40. The van der Waals surface area contributed by atoms with E-state index in [0.29, 0.717) is 12.3 Å². The van der Waals surface area contributed by atoms with Crippen LogP contribution in [0.1, 0.15) is 45.3 Å². The molecule has 18 heavy (non-hydrogen) atoms. The van der Waals surface area contributed by atoms with Crippen molar-refractivity contribution in [1.29, 1.82) is 0 Å². The highest BCUT2D eigenvalue weighted by Crippen LogP contribution is 2.21. The molecule has 0 unspecified atom stereocenters. The van der Waals surface area contributed by atoms with Crippen LogP contribution in [0.4, 0.5) is 0 Å². The number of halogens is 1. The van der Waals surface area contributed by atoms with E-state index >= 15 is 0 Å². The van der Waals surface area contributed by atoms with E-state index in [4.69, 9.17) is 15.4 Å². The molecule has 0 amide bonds. The van der Waals surface area contributed by atoms with Crippen molar-refractivity contribution in [3.63, 3.8) is 0 Å². The van der Waals surface area contributed by atoms with Crippen molar-refractivity contribution in [2.45, 2.75) is 51.2 Å². The number of rotatable bonds is 7. The molecule has 1 aromatic heterocycles. The Balaban J connectivity index is 2.87. The lowest BCUT2D eigenvalue weighted by Gasteiger charge is -2.04. The molecule has 0 saturated carbocycles. The first kappa shape index (κ1) is 15.5. The van der Waals surface area contributed by atoms with E-state index in [1.54, 1.807) is 4.68 Å². The van der Waals surface area contributed by atoms with Crippen LogP contribution < -0.4 is 0 Å². The lowest BCUT2D eigenvalue weighted by atomic mass is 10.4. The topological polar surface area (TPSA) is 61.2 Å². The lowest BCUT2D eigenvalue weighted by molar-refractivity contribution is 0.113. The van der Waals surface area contributed by atoms with Gasteiger partial charge in [0.25, 0.3) is 9.05 Å². The smallest absolute Gasteiger partial charge is 0.264 e. The van der Waals surface area contributed by atoms with Crippen molar-refractivity contribution in [3.8, 4) is 0 Å². The molecule has 0 saturated heterocycles. The first-order chi connectivity index (χ1) is 8.36. The van der Waals surface area contributed by atoms with E-state index in [-0.39, 0.29) is 17.5 Å². The minimum Gasteiger partial charge on any atom is -0.375 e. The van der Waals surface area contributed by atoms with Crippen molar-refractivity contribution in [2.24, 2.45) is 0 Å². The first-order valence-electron chi connectivity index (χ1n) is 5.96. The Hall–Kier alpha value is -0.590. The van der Waals surface area contributed by atoms with Crippen molar-refractivity contribution in [3.05, 3.63) is 11.9 Å². The van der Waals surface area contributed by atoms with Crippen LogP contribution in [-0.4, -0.2) is 24.8 Å². The Kier molecular flexibility index (Phi) is 5.62. The second kappa shape index (κ2) is 6.54. The quantitative estimate of drug-likeness (QED) is 0.573. The molecule has 0 aliphatic carbocycles. The highest BCUT2D eigenvalue weighted by Gasteiger charge is 2.21. The van der Waals surface area contributed by atoms with E-state index in [1.165, 1.54) is 6.20 Å². The van der Waals surface area contributed by atoms with Gasteiger partial charge in [0, 0.05) is 29.5 Å². The molecule has 0 bridgehead atoms. The summed E-state index contributed by atoms with van der Waals surface area (Å²) in [6.45, 7) is 6.65. The number of hydrogen-bond donors (Lipinski definition) is 0. The zero-order valence-electron chi connectivity index (χ0n) is 10.9. The molecule has 1 aromatic rings. The molecule has 104 valence electrons. The molecule has 1 heterocycles. The average Bonchev–Trinajstić information content (AvgIpc) is 2.68. The van der Waals surface area contributed by atoms with E-state index < -0.39 is 9.05 Å². The largest absolute Gasteiger partial charge is 0.375 e. The maximum Gasteiger partial charge on any atom is 0.264 e. The summed E-state index contributed by atoms with van der Waals surface area (Å²) in [7, 11) is 1.61. The molecule has 0 aliphatic rings. The molecule has 0 atom stereocenters. The molecule has 7 heteroatoms. The molecule has 0 N–H and O–H groups in total. The summed E-state index contributed by atoms with van der Waals surface area (Å²) < 4.78 is 29.8. The van der Waals surface area contributed by atoms with Gasteiger partial charge in [0.05, 0.1) is 6.61 Å². The third-order valence-corrected chi connectivity index (χ3v) is 3.81. The van der Waals surface area contributed by atoms with Crippen molar-refractivity contribution in [1.82, 2.24) is 9.78 Å². The molecule has 5 nitrogen and oxygen atoms in total. The van der Waals surface area contributed by atoms with Crippen molar-refractivity contribution >= 4 is 19.7 Å². The highest BCUT2D eigenvalue weighted by molar-refractivity contribution is 8.13. The second-order valence-corrected chi connectivity index (χ2v) is 6.89. The van der Waals surface area contributed by atoms with Crippen LogP contribution in [0.15, 0.2) is 11.1 Å². The third kappa shape index (κ3) is 4.26. The van der Waals surface area contributed by atoms with Crippen molar-refractivity contribution in [2.75, 3.05) is 6.61 Å². The summed E-state index contributed by atoms with van der Waals surface area (Å²) >= 11 is 0. The Morgan fingerprint density at radius 2 is 2.17 bits per heavy atom. The Morgan fingerprint density at radius 3 is 2.67 bits per heavy atom. The predicted octanol–water partition coefficient (Wildman–Crippen LogP) is 2.71. The number of ether oxygens (including phenoxy) is 1. The Labute approximate surface area is 113 Å². The van der Waals surface area contributed by atoms with Gasteiger partial charge in [0.15, 0.2) is 0 Å². The molecule has 0 radical (unpaired) electrons. The lowest BCUT2D eigenvalue weighted by Crippen LogP contribution is -2.03. The SMILES string of the molecule is CCCCOCc1nn(C(C)C)cc1S(=O)(=O)Cl. The normalized spacial score (nSPS) is 12.3. The number of hydrogen-bond acceptors (Lipinski definition) is 4. The first-order valence-corrected chi connectivity index (χ1v) is 8.27. The van der Waals surface area contributed by atoms with Gasteiger partial charge >= 0.3 is 0 Å².